The standard InChI is InChI=1S/C7H5ClFNO.ClH/c8-3-7(11)5-1-2-10-4-6(5)9;/h1-2,4H,3H2;1H. The minimum Gasteiger partial charge on any atom is -0.293 e. The summed E-state index contributed by atoms with van der Waals surface area (Å²) in [5.74, 6) is -1.26. The van der Waals surface area contributed by atoms with Gasteiger partial charge < -0.3 is 0 Å². The SMILES string of the molecule is Cl.O=C(CCl)c1ccncc1F. The summed E-state index contributed by atoms with van der Waals surface area (Å²) in [6, 6.07) is 1.31. The molecule has 0 unspecified atom stereocenters. The van der Waals surface area contributed by atoms with Crippen LogP contribution >= 0.6 is 24.0 Å². The first kappa shape index (κ1) is 11.3. The zero-order chi connectivity index (χ0) is 8.27. The van der Waals surface area contributed by atoms with E-state index in [1.165, 1.54) is 12.3 Å². The van der Waals surface area contributed by atoms with E-state index in [-0.39, 0.29) is 23.9 Å². The number of carbonyl (C=O) groups excluding carboxylic acids is 1. The highest BCUT2D eigenvalue weighted by molar-refractivity contribution is 6.30. The molecule has 0 aromatic carbocycles. The summed E-state index contributed by atoms with van der Waals surface area (Å²) in [6.45, 7) is 0. The van der Waals surface area contributed by atoms with Gasteiger partial charge in [0.15, 0.2) is 11.6 Å². The van der Waals surface area contributed by atoms with E-state index in [9.17, 15) is 9.18 Å². The Hall–Kier alpha value is -0.670. The van der Waals surface area contributed by atoms with E-state index in [2.05, 4.69) is 4.98 Å². The number of halogens is 3. The van der Waals surface area contributed by atoms with Crippen LogP contribution in [0.4, 0.5) is 4.39 Å². The molecule has 1 aromatic rings. The number of aromatic nitrogens is 1. The molecule has 0 radical (unpaired) electrons. The van der Waals surface area contributed by atoms with E-state index in [1.54, 1.807) is 0 Å². The van der Waals surface area contributed by atoms with Gasteiger partial charge in [0.25, 0.3) is 0 Å². The molecule has 0 spiro atoms. The molecule has 0 N–H and O–H groups in total. The predicted molar refractivity (Wildman–Crippen MR) is 46.5 cm³/mol. The first-order valence-corrected chi connectivity index (χ1v) is 3.48. The normalized spacial score (nSPS) is 8.83. The average Bonchev–Trinajstić information content (AvgIpc) is 2.04. The van der Waals surface area contributed by atoms with Crippen LogP contribution in [-0.2, 0) is 0 Å². The molecule has 5 heteroatoms. The Morgan fingerprint density at radius 1 is 1.67 bits per heavy atom. The van der Waals surface area contributed by atoms with Gasteiger partial charge in [-0.05, 0) is 6.07 Å². The van der Waals surface area contributed by atoms with E-state index in [4.69, 9.17) is 11.6 Å². The number of Topliss-reactive ketones (excluding diaryl/α,β-unsaturated/α-hetero) is 1. The maximum Gasteiger partial charge on any atom is 0.180 e. The third kappa shape index (κ3) is 2.43. The zero-order valence-electron chi connectivity index (χ0n) is 5.96. The van der Waals surface area contributed by atoms with Crippen LogP contribution in [0.2, 0.25) is 0 Å². The van der Waals surface area contributed by atoms with Crippen molar-refractivity contribution in [1.29, 1.82) is 0 Å². The van der Waals surface area contributed by atoms with Crippen molar-refractivity contribution in [2.45, 2.75) is 0 Å². The van der Waals surface area contributed by atoms with Crippen LogP contribution in [-0.4, -0.2) is 16.6 Å². The van der Waals surface area contributed by atoms with Crippen molar-refractivity contribution in [1.82, 2.24) is 4.98 Å². The van der Waals surface area contributed by atoms with Gasteiger partial charge in [-0.25, -0.2) is 4.39 Å². The maximum absolute atomic E-state index is 12.7. The van der Waals surface area contributed by atoms with Crippen LogP contribution in [0.3, 0.4) is 0 Å². The Balaban J connectivity index is 0.00000121. The van der Waals surface area contributed by atoms with Crippen molar-refractivity contribution < 1.29 is 9.18 Å². The molecule has 0 saturated heterocycles. The van der Waals surface area contributed by atoms with Gasteiger partial charge in [-0.15, -0.1) is 24.0 Å². The third-order valence-corrected chi connectivity index (χ3v) is 1.44. The zero-order valence-corrected chi connectivity index (χ0v) is 7.53. The summed E-state index contributed by atoms with van der Waals surface area (Å²) in [4.78, 5) is 14.3. The van der Waals surface area contributed by atoms with Gasteiger partial charge in [0, 0.05) is 6.20 Å². The molecule has 12 heavy (non-hydrogen) atoms. The van der Waals surface area contributed by atoms with E-state index in [0.717, 1.165) is 6.20 Å². The van der Waals surface area contributed by atoms with Crippen LogP contribution in [0.25, 0.3) is 0 Å². The Morgan fingerprint density at radius 3 is 2.83 bits per heavy atom. The minimum atomic E-state index is -0.627. The first-order valence-electron chi connectivity index (χ1n) is 2.94. The van der Waals surface area contributed by atoms with Gasteiger partial charge in [0.05, 0.1) is 17.6 Å². The molecule has 1 heterocycles. The molecule has 2 nitrogen and oxygen atoms in total. The van der Waals surface area contributed by atoms with Crippen LogP contribution in [0.5, 0.6) is 0 Å². The third-order valence-electron chi connectivity index (χ3n) is 1.19. The lowest BCUT2D eigenvalue weighted by Crippen LogP contribution is -2.03. The lowest BCUT2D eigenvalue weighted by atomic mass is 10.2. The van der Waals surface area contributed by atoms with Crippen molar-refractivity contribution in [3.8, 4) is 0 Å². The average molecular weight is 210 g/mol. The highest BCUT2D eigenvalue weighted by Gasteiger charge is 2.08. The van der Waals surface area contributed by atoms with Crippen LogP contribution in [0, 0.1) is 5.82 Å². The molecular weight excluding hydrogens is 204 g/mol. The molecular formula is C7H6Cl2FNO. The number of carbonyl (C=O) groups is 1. The summed E-state index contributed by atoms with van der Waals surface area (Å²) in [5.41, 5.74) is -0.00463. The number of pyridine rings is 1. The number of rotatable bonds is 2. The summed E-state index contributed by atoms with van der Waals surface area (Å²) in [7, 11) is 0. The fraction of sp³-hybridized carbons (Fsp3) is 0.143. The van der Waals surface area contributed by atoms with Crippen LogP contribution < -0.4 is 0 Å². The number of alkyl halides is 1. The second-order valence-corrected chi connectivity index (χ2v) is 2.18. The van der Waals surface area contributed by atoms with E-state index in [0.29, 0.717) is 0 Å². The molecule has 0 saturated carbocycles. The second-order valence-electron chi connectivity index (χ2n) is 1.91. The van der Waals surface area contributed by atoms with Gasteiger partial charge in [0.2, 0.25) is 0 Å². The molecule has 0 aliphatic carbocycles. The maximum atomic E-state index is 12.7. The minimum absolute atomic E-state index is 0. The van der Waals surface area contributed by atoms with Crippen LogP contribution in [0.1, 0.15) is 10.4 Å². The first-order chi connectivity index (χ1) is 5.25. The monoisotopic (exact) mass is 209 g/mol. The Bertz CT molecular complexity index is 280. The van der Waals surface area contributed by atoms with Crippen LogP contribution in [0.15, 0.2) is 18.5 Å². The number of hydrogen-bond donors (Lipinski definition) is 0. The lowest BCUT2D eigenvalue weighted by molar-refractivity contribution is 0.101. The molecule has 1 rings (SSSR count). The van der Waals surface area contributed by atoms with E-state index in [1.807, 2.05) is 0 Å². The largest absolute Gasteiger partial charge is 0.293 e. The highest BCUT2D eigenvalue weighted by atomic mass is 35.5. The van der Waals surface area contributed by atoms with Crippen molar-refractivity contribution in [2.75, 3.05) is 5.88 Å². The molecule has 1 aromatic heterocycles. The summed E-state index contributed by atoms with van der Waals surface area (Å²) >= 11 is 5.22. The summed E-state index contributed by atoms with van der Waals surface area (Å²) in [5, 5.41) is 0. The topological polar surface area (TPSA) is 30.0 Å². The predicted octanol–water partition coefficient (Wildman–Crippen LogP) is 2.06. The van der Waals surface area contributed by atoms with Gasteiger partial charge >= 0.3 is 0 Å². The highest BCUT2D eigenvalue weighted by Crippen LogP contribution is 2.05. The molecule has 66 valence electrons. The molecule has 0 atom stereocenters. The smallest absolute Gasteiger partial charge is 0.180 e. The van der Waals surface area contributed by atoms with Crippen molar-refractivity contribution in [2.24, 2.45) is 0 Å². The van der Waals surface area contributed by atoms with Gasteiger partial charge in [-0.1, -0.05) is 0 Å². The van der Waals surface area contributed by atoms with Gasteiger partial charge in [0.1, 0.15) is 0 Å². The van der Waals surface area contributed by atoms with Crippen molar-refractivity contribution >= 4 is 29.8 Å². The van der Waals surface area contributed by atoms with E-state index >= 15 is 0 Å². The molecule has 0 amide bonds. The molecule has 0 bridgehead atoms. The van der Waals surface area contributed by atoms with Crippen molar-refractivity contribution in [3.05, 3.63) is 29.8 Å². The Morgan fingerprint density at radius 2 is 2.33 bits per heavy atom. The fourth-order valence-electron chi connectivity index (χ4n) is 0.673. The number of hydrogen-bond acceptors (Lipinski definition) is 2. The summed E-state index contributed by atoms with van der Waals surface area (Å²) in [6.07, 6.45) is 2.34. The summed E-state index contributed by atoms with van der Waals surface area (Å²) < 4.78 is 12.7. The Labute approximate surface area is 80.2 Å². The second kappa shape index (κ2) is 5.06. The lowest BCUT2D eigenvalue weighted by Gasteiger charge is -1.95. The van der Waals surface area contributed by atoms with Gasteiger partial charge in [-0.3, -0.25) is 9.78 Å². The molecule has 0 aliphatic heterocycles. The van der Waals surface area contributed by atoms with E-state index < -0.39 is 11.6 Å². The van der Waals surface area contributed by atoms with Gasteiger partial charge in [-0.2, -0.15) is 0 Å². The molecule has 0 fully saturated rings. The molecule has 0 aliphatic rings. The fourth-order valence-corrected chi connectivity index (χ4v) is 0.817. The number of ketones is 1. The quantitative estimate of drug-likeness (QED) is 0.552. The Kier molecular flexibility index (Phi) is 4.78. The number of nitrogens with zero attached hydrogens (tertiary/aromatic N) is 1. The van der Waals surface area contributed by atoms with Crippen molar-refractivity contribution in [3.63, 3.8) is 0 Å².